The number of rotatable bonds is 6. The fourth-order valence-corrected chi connectivity index (χ4v) is 9.20. The quantitative estimate of drug-likeness (QED) is 0.151. The molecule has 7 aromatic rings. The van der Waals surface area contributed by atoms with Gasteiger partial charge in [0.15, 0.2) is 0 Å². The van der Waals surface area contributed by atoms with Crippen LogP contribution in [0.4, 0.5) is 0 Å². The van der Waals surface area contributed by atoms with Gasteiger partial charge in [-0.05, 0) is 72.6 Å². The molecule has 2 aliphatic rings. The molecule has 0 atom stereocenters. The van der Waals surface area contributed by atoms with Crippen LogP contribution in [-0.4, -0.2) is 0 Å². The Morgan fingerprint density at radius 3 is 1.37 bits per heavy atom. The molecule has 0 saturated carbocycles. The fraction of sp³-hybridized carbons (Fsp3) is 0.158. The maximum atomic E-state index is 4.22. The number of allylic oxidation sites excluding steroid dienone is 4. The van der Waals surface area contributed by atoms with Crippen LogP contribution >= 0.6 is 0 Å². The van der Waals surface area contributed by atoms with Gasteiger partial charge in [0.2, 0.25) is 0 Å². The third kappa shape index (κ3) is 8.06. The number of halogens is 2. The van der Waals surface area contributed by atoms with Crippen LogP contribution in [0.3, 0.4) is 0 Å². The van der Waals surface area contributed by atoms with Crippen LogP contribution in [0.15, 0.2) is 176 Å². The minimum Gasteiger partial charge on any atom is -1.00 e. The molecule has 0 fully saturated rings. The molecule has 0 amide bonds. The maximum absolute atomic E-state index is 4.22. The Bertz CT molecular complexity index is 2780. The molecule has 3 heteroatoms. The Morgan fingerprint density at radius 2 is 0.933 bits per heavy atom. The summed E-state index contributed by atoms with van der Waals surface area (Å²) < 4.78 is 0. The summed E-state index contributed by atoms with van der Waals surface area (Å²) in [5.41, 5.74) is 19.9. The van der Waals surface area contributed by atoms with E-state index in [-0.39, 0.29) is 61.8 Å². The molecule has 0 saturated heterocycles. The third-order valence-electron chi connectivity index (χ3n) is 11.5. The average Bonchev–Trinajstić information content (AvgIpc) is 3.90. The van der Waals surface area contributed by atoms with Gasteiger partial charge in [0.1, 0.15) is 0 Å². The van der Waals surface area contributed by atoms with Gasteiger partial charge in [0.05, 0.1) is 0 Å². The second-order valence-electron chi connectivity index (χ2n) is 17.5. The van der Waals surface area contributed by atoms with Crippen molar-refractivity contribution in [3.05, 3.63) is 220 Å². The Hall–Kier alpha value is -4.78. The topological polar surface area (TPSA) is 0 Å². The van der Waals surface area contributed by atoms with Crippen molar-refractivity contribution in [1.82, 2.24) is 0 Å². The van der Waals surface area contributed by atoms with E-state index >= 15 is 0 Å². The molecule has 2 aliphatic carbocycles. The molecular weight excluding hydrogens is 847 g/mol. The van der Waals surface area contributed by atoms with Crippen molar-refractivity contribution in [3.8, 4) is 44.5 Å². The van der Waals surface area contributed by atoms with Crippen LogP contribution in [0.2, 0.25) is 0 Å². The summed E-state index contributed by atoms with van der Waals surface area (Å²) in [5, 5.41) is 2.44. The monoisotopic (exact) mass is 893 g/mol. The van der Waals surface area contributed by atoms with Crippen LogP contribution in [0.1, 0.15) is 81.3 Å². The normalized spacial score (nSPS) is 12.5. The summed E-state index contributed by atoms with van der Waals surface area (Å²) in [7, 11) is 0. The largest absolute Gasteiger partial charge is 3.00 e. The minimum atomic E-state index is -0.187. The summed E-state index contributed by atoms with van der Waals surface area (Å²) in [6.45, 7) is 14.3. The van der Waals surface area contributed by atoms with Crippen LogP contribution < -0.4 is 35.3 Å². The average molecular weight is 896 g/mol. The van der Waals surface area contributed by atoms with Crippen molar-refractivity contribution < 1.29 is 51.0 Å². The first-order chi connectivity index (χ1) is 27.6. The molecule has 0 bridgehead atoms. The molecule has 7 aromatic carbocycles. The fourth-order valence-electron chi connectivity index (χ4n) is 9.20. The van der Waals surface area contributed by atoms with Gasteiger partial charge in [0.25, 0.3) is 0 Å². The molecule has 1 radical (unpaired) electrons. The summed E-state index contributed by atoms with van der Waals surface area (Å²) in [5.74, 6) is 0. The van der Waals surface area contributed by atoms with Gasteiger partial charge < -0.3 is 24.8 Å². The minimum absolute atomic E-state index is 0. The second kappa shape index (κ2) is 18.1. The molecule has 0 aromatic heterocycles. The second-order valence-corrected chi connectivity index (χ2v) is 17.5. The van der Waals surface area contributed by atoms with Gasteiger partial charge in [-0.15, -0.1) is 22.9 Å². The molecule has 0 heterocycles. The summed E-state index contributed by atoms with van der Waals surface area (Å²) in [6.07, 6.45) is 12.0. The molecule has 295 valence electrons. The first-order valence-corrected chi connectivity index (χ1v) is 20.3. The van der Waals surface area contributed by atoms with Crippen molar-refractivity contribution in [2.45, 2.75) is 58.8 Å². The number of hydrogen-bond acceptors (Lipinski definition) is 0. The van der Waals surface area contributed by atoms with Crippen molar-refractivity contribution >= 4 is 17.2 Å². The zero-order chi connectivity index (χ0) is 39.3. The molecule has 0 unspecified atom stereocenters. The molecular formula is C57H49Cl2Zr. The van der Waals surface area contributed by atoms with E-state index in [0.29, 0.717) is 0 Å². The van der Waals surface area contributed by atoms with E-state index in [1.54, 1.807) is 0 Å². The van der Waals surface area contributed by atoms with Gasteiger partial charge in [-0.1, -0.05) is 245 Å². The van der Waals surface area contributed by atoms with Crippen LogP contribution in [-0.2, 0) is 37.0 Å². The number of fused-ring (bicyclic) bond motifs is 3. The molecule has 0 aliphatic heterocycles. The standard InChI is InChI=1S/C57H49.2ClH.Zr/c1-56(2,3)46-37-44-36-45-48(40-34-22-23-35-40)55(57(4,5)6)52(43-32-20-11-21-33-43)50(42-30-18-10-19-31-42)53(45)51(44)49(41-28-16-9-17-29-41)54(46)47(38-24-12-7-13-25-38)39-26-14-8-15-27-39;;;/h7-34,37H,35H2,1-6H3;2*1H;/q-1;;;+3/p-2. The Morgan fingerprint density at radius 1 is 0.483 bits per heavy atom. The predicted molar refractivity (Wildman–Crippen MR) is 244 cm³/mol. The van der Waals surface area contributed by atoms with E-state index in [0.717, 1.165) is 11.6 Å². The van der Waals surface area contributed by atoms with Crippen molar-refractivity contribution in [3.63, 3.8) is 0 Å². The smallest absolute Gasteiger partial charge is 1.00 e. The molecule has 0 spiro atoms. The predicted octanol–water partition coefficient (Wildman–Crippen LogP) is 7.56. The zero-order valence-electron chi connectivity index (χ0n) is 35.2. The van der Waals surface area contributed by atoms with Crippen molar-refractivity contribution in [2.24, 2.45) is 0 Å². The van der Waals surface area contributed by atoms with Gasteiger partial charge >= 0.3 is 26.2 Å². The molecule has 0 nitrogen and oxygen atoms in total. The van der Waals surface area contributed by atoms with E-state index in [9.17, 15) is 0 Å². The van der Waals surface area contributed by atoms with Crippen LogP contribution in [0.25, 0.3) is 61.7 Å². The molecule has 0 N–H and O–H groups in total. The Balaban J connectivity index is 0.00000201. The van der Waals surface area contributed by atoms with E-state index in [2.05, 4.69) is 224 Å². The van der Waals surface area contributed by atoms with Crippen LogP contribution in [0.5, 0.6) is 0 Å². The van der Waals surface area contributed by atoms with E-state index in [4.69, 9.17) is 0 Å². The number of benzene rings is 7. The van der Waals surface area contributed by atoms with Gasteiger partial charge in [-0.2, -0.15) is 0 Å². The van der Waals surface area contributed by atoms with Gasteiger partial charge in [-0.25, -0.2) is 0 Å². The number of hydrogen-bond donors (Lipinski definition) is 0. The Labute approximate surface area is 388 Å². The third-order valence-corrected chi connectivity index (χ3v) is 11.5. The summed E-state index contributed by atoms with van der Waals surface area (Å²) in [4.78, 5) is 0. The van der Waals surface area contributed by atoms with E-state index < -0.39 is 0 Å². The molecule has 60 heavy (non-hydrogen) atoms. The van der Waals surface area contributed by atoms with E-state index in [1.807, 2.05) is 0 Å². The van der Waals surface area contributed by atoms with Crippen molar-refractivity contribution in [2.75, 3.05) is 0 Å². The van der Waals surface area contributed by atoms with Crippen molar-refractivity contribution in [1.29, 1.82) is 0 Å². The van der Waals surface area contributed by atoms with Gasteiger partial charge in [0, 0.05) is 0 Å². The first-order valence-electron chi connectivity index (χ1n) is 20.3. The maximum Gasteiger partial charge on any atom is 3.00 e. The molecule has 9 rings (SSSR count). The SMILES string of the molecule is CC(C)(C)c1c(C2=CC=CC2)c2c(c(-c3ccccc3)c1-c1ccccc1)-c1c(-c3ccccc3)c(=C(c3ccccc3)c3ccccc3)c(C(C)(C)C)cc1=[C-]2.[Cl-].[Cl-].[Zr+3]. The van der Waals surface area contributed by atoms with Crippen LogP contribution in [0, 0.1) is 0 Å². The summed E-state index contributed by atoms with van der Waals surface area (Å²) in [6, 6.07) is 57.9. The van der Waals surface area contributed by atoms with E-state index in [1.165, 1.54) is 94.3 Å². The first kappa shape index (κ1) is 44.8. The Kier molecular flexibility index (Phi) is 13.5. The van der Waals surface area contributed by atoms with Gasteiger partial charge in [-0.3, -0.25) is 0 Å². The summed E-state index contributed by atoms with van der Waals surface area (Å²) >= 11 is 0. The zero-order valence-corrected chi connectivity index (χ0v) is 39.2.